The van der Waals surface area contributed by atoms with E-state index in [4.69, 9.17) is 0 Å². The minimum atomic E-state index is 0. The minimum Gasteiger partial charge on any atom is 0 e. The first-order chi connectivity index (χ1) is 2.41. The predicted octanol–water partition coefficient (Wildman–Crippen LogP) is -0.201. The third-order valence-corrected chi connectivity index (χ3v) is 0.407. The van der Waals surface area contributed by atoms with E-state index in [1.165, 1.54) is 0 Å². The van der Waals surface area contributed by atoms with Crippen LogP contribution in [0.1, 0.15) is 19.8 Å². The van der Waals surface area contributed by atoms with Gasteiger partial charge in [-0.25, -0.2) is 0 Å². The van der Waals surface area contributed by atoms with Crippen molar-refractivity contribution in [1.29, 1.82) is 0 Å². The SMILES string of the molecule is CCCC=O.[SbH3].[Zn]. The topological polar surface area (TPSA) is 17.1 Å². The molecule has 0 aromatic heterocycles. The molecule has 40 valence electrons. The summed E-state index contributed by atoms with van der Waals surface area (Å²) in [5, 5.41) is 0. The maximum Gasteiger partial charge on any atom is 0 e. The molecule has 0 spiro atoms. The molecule has 0 bridgehead atoms. The van der Waals surface area contributed by atoms with Gasteiger partial charge in [0.2, 0.25) is 0 Å². The van der Waals surface area contributed by atoms with E-state index in [0.717, 1.165) is 12.7 Å². The number of unbranched alkanes of at least 4 members (excludes halogenated alkanes) is 1. The van der Waals surface area contributed by atoms with Gasteiger partial charge in [-0.15, -0.1) is 0 Å². The van der Waals surface area contributed by atoms with Gasteiger partial charge in [0.1, 0.15) is 6.29 Å². The Morgan fingerprint density at radius 1 is 1.57 bits per heavy atom. The van der Waals surface area contributed by atoms with Crippen LogP contribution in [0.15, 0.2) is 0 Å². The van der Waals surface area contributed by atoms with E-state index in [2.05, 4.69) is 0 Å². The zero-order valence-electron chi connectivity index (χ0n) is 4.81. The maximum atomic E-state index is 9.40. The second-order valence-electron chi connectivity index (χ2n) is 0.955. The van der Waals surface area contributed by atoms with Crippen LogP contribution in [-0.4, -0.2) is 30.7 Å². The van der Waals surface area contributed by atoms with Gasteiger partial charge in [0, 0.05) is 25.9 Å². The average Bonchev–Trinajstić information content (AvgIpc) is 1.41. The molecule has 0 amide bonds. The Labute approximate surface area is 74.4 Å². The van der Waals surface area contributed by atoms with Crippen molar-refractivity contribution < 1.29 is 24.3 Å². The molecule has 0 aliphatic heterocycles. The molecule has 7 heavy (non-hydrogen) atoms. The Morgan fingerprint density at radius 3 is 2.00 bits per heavy atom. The van der Waals surface area contributed by atoms with Crippen molar-refractivity contribution in [2.24, 2.45) is 0 Å². The summed E-state index contributed by atoms with van der Waals surface area (Å²) in [5.74, 6) is 0. The molecule has 1 nitrogen and oxygen atoms in total. The van der Waals surface area contributed by atoms with Crippen molar-refractivity contribution in [3.8, 4) is 0 Å². The molecule has 0 saturated carbocycles. The first kappa shape index (κ1) is 15.7. The van der Waals surface area contributed by atoms with Gasteiger partial charge in [-0.05, 0) is 6.42 Å². The summed E-state index contributed by atoms with van der Waals surface area (Å²) in [6, 6.07) is 0. The number of hydrogen-bond acceptors (Lipinski definition) is 1. The van der Waals surface area contributed by atoms with E-state index >= 15 is 0 Å². The molecule has 0 aliphatic carbocycles. The molecule has 0 aromatic rings. The molecule has 0 heterocycles. The van der Waals surface area contributed by atoms with Gasteiger partial charge >= 0.3 is 24.4 Å². The largest absolute Gasteiger partial charge is 0 e. The van der Waals surface area contributed by atoms with E-state index in [9.17, 15) is 4.79 Å². The van der Waals surface area contributed by atoms with Crippen molar-refractivity contribution in [2.75, 3.05) is 0 Å². The van der Waals surface area contributed by atoms with Crippen molar-refractivity contribution in [3.05, 3.63) is 0 Å². The van der Waals surface area contributed by atoms with Crippen molar-refractivity contribution in [2.45, 2.75) is 19.8 Å². The van der Waals surface area contributed by atoms with Gasteiger partial charge in [-0.1, -0.05) is 6.92 Å². The van der Waals surface area contributed by atoms with E-state index in [1.807, 2.05) is 6.92 Å². The average molecular weight is 262 g/mol. The first-order valence-electron chi connectivity index (χ1n) is 1.85. The second-order valence-corrected chi connectivity index (χ2v) is 0.955. The van der Waals surface area contributed by atoms with Crippen LogP contribution in [0, 0.1) is 0 Å². The molecule has 0 rings (SSSR count). The van der Waals surface area contributed by atoms with Gasteiger partial charge in [0.05, 0.1) is 0 Å². The van der Waals surface area contributed by atoms with Gasteiger partial charge in [0.25, 0.3) is 0 Å². The molecule has 0 unspecified atom stereocenters. The fraction of sp³-hybridized carbons (Fsp3) is 0.750. The van der Waals surface area contributed by atoms with Crippen molar-refractivity contribution in [3.63, 3.8) is 0 Å². The summed E-state index contributed by atoms with van der Waals surface area (Å²) in [7, 11) is 0. The van der Waals surface area contributed by atoms with Crippen LogP contribution >= 0.6 is 0 Å². The quantitative estimate of drug-likeness (QED) is 0.497. The number of carbonyl (C=O) groups is 1. The van der Waals surface area contributed by atoms with E-state index in [0.29, 0.717) is 6.42 Å². The summed E-state index contributed by atoms with van der Waals surface area (Å²) in [6.45, 7) is 1.98. The van der Waals surface area contributed by atoms with Crippen LogP contribution in [0.3, 0.4) is 0 Å². The Kier molecular flexibility index (Phi) is 35.2. The molecule has 0 aliphatic rings. The normalized spacial score (nSPS) is 5.29. The molecule has 0 aromatic carbocycles. The summed E-state index contributed by atoms with van der Waals surface area (Å²) >= 11 is 0. The molecule has 0 saturated heterocycles. The fourth-order valence-electron chi connectivity index (χ4n) is 0.118. The fourth-order valence-corrected chi connectivity index (χ4v) is 0.118. The summed E-state index contributed by atoms with van der Waals surface area (Å²) < 4.78 is 0. The summed E-state index contributed by atoms with van der Waals surface area (Å²) in [5.41, 5.74) is 0. The zero-order chi connectivity index (χ0) is 4.12. The van der Waals surface area contributed by atoms with E-state index < -0.39 is 0 Å². The van der Waals surface area contributed by atoms with Crippen LogP contribution in [0.4, 0.5) is 0 Å². The number of carbonyl (C=O) groups excluding carboxylic acids is 1. The molecule has 0 N–H and O–H groups in total. The molecule has 3 heteroatoms. The first-order valence-corrected chi connectivity index (χ1v) is 1.85. The zero-order valence-corrected chi connectivity index (χ0v) is 11.8. The Bertz CT molecular complexity index is 32.9. The Morgan fingerprint density at radius 2 is 2.00 bits per heavy atom. The van der Waals surface area contributed by atoms with Gasteiger partial charge in [0.15, 0.2) is 0 Å². The third-order valence-electron chi connectivity index (χ3n) is 0.407. The monoisotopic (exact) mass is 260 g/mol. The Balaban J connectivity index is -0.0000000800. The van der Waals surface area contributed by atoms with Gasteiger partial charge in [-0.2, -0.15) is 0 Å². The van der Waals surface area contributed by atoms with Crippen molar-refractivity contribution >= 4 is 30.7 Å². The molecular weight excluding hydrogens is 251 g/mol. The number of aldehydes is 1. The number of hydrogen-bond donors (Lipinski definition) is 0. The van der Waals surface area contributed by atoms with Crippen LogP contribution in [0.5, 0.6) is 0 Å². The van der Waals surface area contributed by atoms with E-state index in [1.54, 1.807) is 0 Å². The summed E-state index contributed by atoms with van der Waals surface area (Å²) in [4.78, 5) is 9.40. The van der Waals surface area contributed by atoms with Crippen LogP contribution in [0.25, 0.3) is 0 Å². The minimum absolute atomic E-state index is 0. The second kappa shape index (κ2) is 15.7. The van der Waals surface area contributed by atoms with E-state index in [-0.39, 0.29) is 43.9 Å². The van der Waals surface area contributed by atoms with Crippen LogP contribution in [0.2, 0.25) is 0 Å². The van der Waals surface area contributed by atoms with Crippen LogP contribution in [-0.2, 0) is 24.3 Å². The predicted molar refractivity (Wildman–Crippen MR) is 30.9 cm³/mol. The van der Waals surface area contributed by atoms with Crippen molar-refractivity contribution in [1.82, 2.24) is 0 Å². The van der Waals surface area contributed by atoms with Crippen LogP contribution < -0.4 is 0 Å². The molecule has 0 radical (unpaired) electrons. The number of rotatable bonds is 2. The molecular formula is C4H11OSbZn. The van der Waals surface area contributed by atoms with Gasteiger partial charge < -0.3 is 4.79 Å². The van der Waals surface area contributed by atoms with Gasteiger partial charge in [-0.3, -0.25) is 0 Å². The Hall–Kier alpha value is 1.11. The summed E-state index contributed by atoms with van der Waals surface area (Å²) in [6.07, 6.45) is 2.61. The molecule has 0 atom stereocenters. The standard InChI is InChI=1S/C4H8O.Sb.Zn.3H/c1-2-3-4-5;;;;;/h4H,2-3H2,1H3;;;;;. The third kappa shape index (κ3) is 19.2. The molecule has 0 fully saturated rings. The smallest absolute Gasteiger partial charge is 0 e. The maximum absolute atomic E-state index is 9.40.